The van der Waals surface area contributed by atoms with E-state index in [1.54, 1.807) is 0 Å². The molecule has 0 bridgehead atoms. The summed E-state index contributed by atoms with van der Waals surface area (Å²) in [4.78, 5) is 4.91. The Morgan fingerprint density at radius 3 is 1.23 bits per heavy atom. The largest absolute Gasteiger partial charge is 0.310 e. The second-order valence-corrected chi connectivity index (χ2v) is 22.1. The zero-order valence-electron chi connectivity index (χ0n) is 45.1. The molecule has 0 aromatic heterocycles. The molecule has 0 atom stereocenters. The van der Waals surface area contributed by atoms with Gasteiger partial charge in [-0.3, -0.25) is 0 Å². The Hall–Kier alpha value is -10.3. The first-order chi connectivity index (χ1) is 40.0. The molecule has 0 fully saturated rings. The number of rotatable bonds is 8. The molecule has 0 unspecified atom stereocenters. The average Bonchev–Trinajstić information content (AvgIpc) is 4.13. The van der Waals surface area contributed by atoms with Crippen LogP contribution < -0.4 is 9.80 Å². The number of nitrogens with zero attached hydrogens (tertiary/aromatic N) is 2. The van der Waals surface area contributed by atoms with Gasteiger partial charge in [0.2, 0.25) is 0 Å². The Bertz CT molecular complexity index is 4800. The molecule has 0 N–H and O–H groups in total. The summed E-state index contributed by atoms with van der Waals surface area (Å²) in [6.45, 7) is 4.34. The van der Waals surface area contributed by atoms with Gasteiger partial charge in [-0.25, -0.2) is 0 Å². The molecule has 2 aliphatic rings. The minimum atomic E-state index is -0.648. The van der Waals surface area contributed by atoms with Crippen molar-refractivity contribution in [3.8, 4) is 44.5 Å². The highest BCUT2D eigenvalue weighted by molar-refractivity contribution is 6.21. The number of fused-ring (bicyclic) bond motifs is 17. The highest BCUT2D eigenvalue weighted by Crippen LogP contribution is 2.66. The van der Waals surface area contributed by atoms with E-state index in [4.69, 9.17) is 0 Å². The predicted octanol–water partition coefficient (Wildman–Crippen LogP) is 21.5. The lowest BCUT2D eigenvalue weighted by Crippen LogP contribution is -2.26. The minimum Gasteiger partial charge on any atom is -0.310 e. The molecule has 0 heterocycles. The van der Waals surface area contributed by atoms with E-state index in [0.717, 1.165) is 34.1 Å². The smallest absolute Gasteiger partial charge is 0.0732 e. The van der Waals surface area contributed by atoms with Crippen molar-refractivity contribution in [3.63, 3.8) is 0 Å². The molecule has 0 saturated carbocycles. The van der Waals surface area contributed by atoms with Crippen LogP contribution in [-0.2, 0) is 5.41 Å². The SMILES string of the molecule is Cc1ccc(N(c2cccc(-c3cccc4ccccc34)c2)c2ccc3c(c2)C2(c4ccccc4-c4ccccc42)c2c-3c3ccccc3c3cc(N(c4ccc(C)cc4)c4cccc(-c5cccc6ccccc56)c4)ccc23)cc1. The molecular formula is C79H54N2. The maximum atomic E-state index is 2.54. The highest BCUT2D eigenvalue weighted by Gasteiger charge is 2.53. The van der Waals surface area contributed by atoms with Crippen LogP contribution in [0, 0.1) is 13.8 Å². The van der Waals surface area contributed by atoms with Crippen molar-refractivity contribution in [2.75, 3.05) is 9.80 Å². The lowest BCUT2D eigenvalue weighted by molar-refractivity contribution is 0.801. The van der Waals surface area contributed by atoms with Crippen molar-refractivity contribution in [1.82, 2.24) is 0 Å². The van der Waals surface area contributed by atoms with E-state index in [2.05, 4.69) is 315 Å². The van der Waals surface area contributed by atoms with Crippen LogP contribution >= 0.6 is 0 Å². The molecule has 2 nitrogen and oxygen atoms in total. The van der Waals surface area contributed by atoms with Crippen molar-refractivity contribution < 1.29 is 0 Å². The third kappa shape index (κ3) is 7.20. The van der Waals surface area contributed by atoms with Gasteiger partial charge in [0.25, 0.3) is 0 Å². The van der Waals surface area contributed by atoms with Gasteiger partial charge in [-0.15, -0.1) is 0 Å². The highest BCUT2D eigenvalue weighted by atomic mass is 15.1. The predicted molar refractivity (Wildman–Crippen MR) is 342 cm³/mol. The zero-order valence-corrected chi connectivity index (χ0v) is 45.1. The van der Waals surface area contributed by atoms with Crippen LogP contribution in [-0.4, -0.2) is 0 Å². The molecule has 0 saturated heterocycles. The third-order valence-corrected chi connectivity index (χ3v) is 17.5. The van der Waals surface area contributed by atoms with Crippen LogP contribution in [0.3, 0.4) is 0 Å². The Morgan fingerprint density at radius 2 is 0.667 bits per heavy atom. The molecule has 2 heteroatoms. The van der Waals surface area contributed by atoms with E-state index < -0.39 is 5.41 Å². The van der Waals surface area contributed by atoms with Gasteiger partial charge in [-0.2, -0.15) is 0 Å². The van der Waals surface area contributed by atoms with Gasteiger partial charge in [0, 0.05) is 34.1 Å². The van der Waals surface area contributed by atoms with Gasteiger partial charge in [-0.05, 0) is 196 Å². The molecule has 81 heavy (non-hydrogen) atoms. The van der Waals surface area contributed by atoms with Gasteiger partial charge < -0.3 is 9.80 Å². The second-order valence-electron chi connectivity index (χ2n) is 22.1. The summed E-state index contributed by atoms with van der Waals surface area (Å²) >= 11 is 0. The fraction of sp³-hybridized carbons (Fsp3) is 0.0380. The Labute approximate surface area is 472 Å². The number of aryl methyl sites for hydroxylation is 2. The summed E-state index contributed by atoms with van der Waals surface area (Å²) in [5.41, 5.74) is 23.6. The van der Waals surface area contributed by atoms with E-state index in [1.807, 2.05) is 0 Å². The summed E-state index contributed by atoms with van der Waals surface area (Å²) in [7, 11) is 0. The summed E-state index contributed by atoms with van der Waals surface area (Å²) in [5.74, 6) is 0. The normalized spacial score (nSPS) is 12.7. The maximum absolute atomic E-state index is 2.54. The van der Waals surface area contributed by atoms with Crippen molar-refractivity contribution in [3.05, 3.63) is 325 Å². The van der Waals surface area contributed by atoms with Crippen LogP contribution in [0.25, 0.3) is 87.6 Å². The van der Waals surface area contributed by atoms with E-state index in [9.17, 15) is 0 Å². The first-order valence-electron chi connectivity index (χ1n) is 28.2. The molecule has 14 aromatic rings. The van der Waals surface area contributed by atoms with Crippen LogP contribution in [0.15, 0.2) is 291 Å². The molecule has 0 amide bonds. The Kier molecular flexibility index (Phi) is 10.6. The maximum Gasteiger partial charge on any atom is 0.0732 e. The van der Waals surface area contributed by atoms with Gasteiger partial charge >= 0.3 is 0 Å². The Balaban J connectivity index is 0.942. The number of benzene rings is 14. The van der Waals surface area contributed by atoms with Gasteiger partial charge in [0.15, 0.2) is 0 Å². The minimum absolute atomic E-state index is 0.648. The van der Waals surface area contributed by atoms with Crippen molar-refractivity contribution in [2.45, 2.75) is 19.3 Å². The van der Waals surface area contributed by atoms with Crippen LogP contribution in [0.4, 0.5) is 34.1 Å². The second kappa shape index (κ2) is 18.4. The molecule has 0 aliphatic heterocycles. The molecule has 2 aliphatic carbocycles. The van der Waals surface area contributed by atoms with E-state index >= 15 is 0 Å². The van der Waals surface area contributed by atoms with Crippen molar-refractivity contribution in [2.24, 2.45) is 0 Å². The summed E-state index contributed by atoms with van der Waals surface area (Å²) in [6.07, 6.45) is 0. The summed E-state index contributed by atoms with van der Waals surface area (Å²) < 4.78 is 0. The van der Waals surface area contributed by atoms with E-state index in [-0.39, 0.29) is 0 Å². The third-order valence-electron chi connectivity index (χ3n) is 17.5. The lowest BCUT2D eigenvalue weighted by Gasteiger charge is -2.33. The first-order valence-corrected chi connectivity index (χ1v) is 28.2. The lowest BCUT2D eigenvalue weighted by atomic mass is 9.69. The van der Waals surface area contributed by atoms with E-state index in [1.165, 1.54) is 121 Å². The quantitative estimate of drug-likeness (QED) is 0.140. The van der Waals surface area contributed by atoms with Gasteiger partial charge in [0.05, 0.1) is 5.41 Å². The molecule has 0 radical (unpaired) electrons. The van der Waals surface area contributed by atoms with Crippen LogP contribution in [0.2, 0.25) is 0 Å². The number of hydrogen-bond donors (Lipinski definition) is 0. The van der Waals surface area contributed by atoms with Gasteiger partial charge in [-0.1, -0.05) is 230 Å². The topological polar surface area (TPSA) is 6.48 Å². The average molecular weight is 1030 g/mol. The standard InChI is InChI=1S/C79H54N2/c1-51-35-39-57(40-36-51)80(59-23-13-21-55(47-59)65-31-15-19-53-17-3-5-25-63(53)65)61-43-45-71-73(49-61)67-27-7-8-30-70(67)77-72-46-44-62(50-76(72)79(78(71)77)74-33-11-9-28-68(74)69-29-10-12-34-75(69)79)81(58-41-37-52(2)38-42-58)60-24-14-22-56(48-60)66-32-16-20-54-18-4-6-26-64(54)66/h3-50H,1-2H3. The fourth-order valence-corrected chi connectivity index (χ4v) is 14.0. The molecule has 16 rings (SSSR count). The van der Waals surface area contributed by atoms with Crippen molar-refractivity contribution >= 4 is 77.2 Å². The summed E-state index contributed by atoms with van der Waals surface area (Å²) in [6, 6.07) is 109. The molecule has 380 valence electrons. The molecular weight excluding hydrogens is 977 g/mol. The molecule has 14 aromatic carbocycles. The molecule has 1 spiro atoms. The van der Waals surface area contributed by atoms with Crippen LogP contribution in [0.1, 0.15) is 33.4 Å². The summed E-state index contributed by atoms with van der Waals surface area (Å²) in [5, 5.41) is 9.93. The van der Waals surface area contributed by atoms with Gasteiger partial charge in [0.1, 0.15) is 0 Å². The van der Waals surface area contributed by atoms with Crippen LogP contribution in [0.5, 0.6) is 0 Å². The Morgan fingerprint density at radius 1 is 0.247 bits per heavy atom. The number of hydrogen-bond acceptors (Lipinski definition) is 2. The van der Waals surface area contributed by atoms with E-state index in [0.29, 0.717) is 0 Å². The number of anilines is 6. The van der Waals surface area contributed by atoms with Crippen molar-refractivity contribution in [1.29, 1.82) is 0 Å². The zero-order chi connectivity index (χ0) is 53.8. The first kappa shape index (κ1) is 46.8. The monoisotopic (exact) mass is 1030 g/mol. The fourth-order valence-electron chi connectivity index (χ4n) is 14.0.